The second-order valence-electron chi connectivity index (χ2n) is 4.51. The van der Waals surface area contributed by atoms with Crippen molar-refractivity contribution in [3.8, 4) is 0 Å². The largest absolute Gasteiger partial charge is 0.316 e. The Morgan fingerprint density at radius 1 is 1.14 bits per heavy atom. The number of para-hydroxylation sites is 1. The number of hydrogen-bond acceptors (Lipinski definition) is 4. The highest BCUT2D eigenvalue weighted by atomic mass is 32.2. The predicted octanol–water partition coefficient (Wildman–Crippen LogP) is 3.73. The van der Waals surface area contributed by atoms with Crippen LogP contribution < -0.4 is 5.56 Å². The van der Waals surface area contributed by atoms with Crippen LogP contribution in [0.4, 0.5) is 10.1 Å². The molecule has 2 aromatic carbocycles. The van der Waals surface area contributed by atoms with Crippen LogP contribution in [-0.4, -0.2) is 9.91 Å². The van der Waals surface area contributed by atoms with Crippen LogP contribution >= 0.6 is 11.8 Å². The number of halogens is 1. The number of fused-ring (bicyclic) bond motifs is 1. The Balaban J connectivity index is 2.17. The van der Waals surface area contributed by atoms with Crippen molar-refractivity contribution < 1.29 is 9.31 Å². The van der Waals surface area contributed by atoms with Crippen molar-refractivity contribution >= 4 is 28.4 Å². The first-order chi connectivity index (χ1) is 10.5. The van der Waals surface area contributed by atoms with Crippen molar-refractivity contribution in [2.75, 3.05) is 0 Å². The first-order valence-corrected chi connectivity index (χ1v) is 7.10. The van der Waals surface area contributed by atoms with E-state index in [1.54, 1.807) is 24.3 Å². The zero-order chi connectivity index (χ0) is 15.7. The SMILES string of the molecule is O=c1cc(Sc2ccc(F)cc2)c2cccc([N+](=O)[O-])c2[nH]1. The van der Waals surface area contributed by atoms with E-state index in [2.05, 4.69) is 4.98 Å². The molecule has 7 heteroatoms. The molecule has 1 aromatic heterocycles. The van der Waals surface area contributed by atoms with Crippen molar-refractivity contribution in [1.29, 1.82) is 0 Å². The number of aromatic nitrogens is 1. The van der Waals surface area contributed by atoms with Crippen LogP contribution in [-0.2, 0) is 0 Å². The zero-order valence-electron chi connectivity index (χ0n) is 11.1. The number of nitrogens with one attached hydrogen (secondary N) is 1. The van der Waals surface area contributed by atoms with E-state index in [4.69, 9.17) is 0 Å². The fourth-order valence-electron chi connectivity index (χ4n) is 2.10. The lowest BCUT2D eigenvalue weighted by Crippen LogP contribution is -2.06. The standard InChI is InChI=1S/C15H9FN2O3S/c16-9-4-6-10(7-5-9)22-13-8-14(19)17-15-11(13)2-1-3-12(15)18(20)21/h1-8H,(H,17,19). The van der Waals surface area contributed by atoms with Gasteiger partial charge in [-0.25, -0.2) is 4.39 Å². The first kappa shape index (κ1) is 14.3. The average Bonchev–Trinajstić information content (AvgIpc) is 2.48. The number of pyridine rings is 1. The molecule has 0 saturated carbocycles. The van der Waals surface area contributed by atoms with Crippen LogP contribution in [0.5, 0.6) is 0 Å². The Bertz CT molecular complexity index is 922. The van der Waals surface area contributed by atoms with E-state index >= 15 is 0 Å². The fourth-order valence-corrected chi connectivity index (χ4v) is 3.07. The van der Waals surface area contributed by atoms with Gasteiger partial charge in [-0.2, -0.15) is 0 Å². The summed E-state index contributed by atoms with van der Waals surface area (Å²) < 4.78 is 12.9. The fraction of sp³-hybridized carbons (Fsp3) is 0. The van der Waals surface area contributed by atoms with Gasteiger partial charge in [-0.1, -0.05) is 23.9 Å². The summed E-state index contributed by atoms with van der Waals surface area (Å²) in [5.41, 5.74) is -0.396. The lowest BCUT2D eigenvalue weighted by molar-refractivity contribution is -0.383. The molecule has 1 N–H and O–H groups in total. The van der Waals surface area contributed by atoms with E-state index in [-0.39, 0.29) is 17.0 Å². The summed E-state index contributed by atoms with van der Waals surface area (Å²) in [5.74, 6) is -0.351. The Labute approximate surface area is 127 Å². The van der Waals surface area contributed by atoms with Crippen molar-refractivity contribution in [1.82, 2.24) is 4.98 Å². The summed E-state index contributed by atoms with van der Waals surface area (Å²) >= 11 is 1.25. The molecule has 22 heavy (non-hydrogen) atoms. The number of H-pyrrole nitrogens is 1. The van der Waals surface area contributed by atoms with Gasteiger partial charge in [0, 0.05) is 27.3 Å². The van der Waals surface area contributed by atoms with Crippen LogP contribution in [0.3, 0.4) is 0 Å². The van der Waals surface area contributed by atoms with Crippen molar-refractivity contribution in [3.63, 3.8) is 0 Å². The molecule has 0 saturated heterocycles. The third-order valence-corrected chi connectivity index (χ3v) is 4.12. The second-order valence-corrected chi connectivity index (χ2v) is 5.63. The quantitative estimate of drug-likeness (QED) is 0.590. The minimum absolute atomic E-state index is 0.156. The molecule has 3 rings (SSSR count). The van der Waals surface area contributed by atoms with E-state index in [9.17, 15) is 19.3 Å². The van der Waals surface area contributed by atoms with Gasteiger partial charge >= 0.3 is 0 Å². The van der Waals surface area contributed by atoms with Crippen molar-refractivity contribution in [2.24, 2.45) is 0 Å². The number of nitro benzene ring substituents is 1. The summed E-state index contributed by atoms with van der Waals surface area (Å²) in [6.45, 7) is 0. The topological polar surface area (TPSA) is 76.0 Å². The number of benzene rings is 2. The summed E-state index contributed by atoms with van der Waals surface area (Å²) in [4.78, 5) is 26.1. The van der Waals surface area contributed by atoms with Gasteiger partial charge in [0.1, 0.15) is 11.3 Å². The molecular weight excluding hydrogens is 307 g/mol. The summed E-state index contributed by atoms with van der Waals surface area (Å²) in [5, 5.41) is 11.6. The third kappa shape index (κ3) is 2.71. The van der Waals surface area contributed by atoms with Gasteiger partial charge < -0.3 is 4.98 Å². The smallest absolute Gasteiger partial charge is 0.293 e. The molecule has 3 aromatic rings. The Kier molecular flexibility index (Phi) is 3.64. The number of rotatable bonds is 3. The minimum Gasteiger partial charge on any atom is -0.316 e. The molecule has 0 amide bonds. The zero-order valence-corrected chi connectivity index (χ0v) is 11.9. The van der Waals surface area contributed by atoms with Gasteiger partial charge in [0.15, 0.2) is 0 Å². The minimum atomic E-state index is -0.537. The van der Waals surface area contributed by atoms with Gasteiger partial charge in [-0.15, -0.1) is 0 Å². The number of non-ortho nitro benzene ring substituents is 1. The second kappa shape index (κ2) is 5.61. The van der Waals surface area contributed by atoms with Crippen molar-refractivity contribution in [2.45, 2.75) is 9.79 Å². The summed E-state index contributed by atoms with van der Waals surface area (Å²) in [7, 11) is 0. The van der Waals surface area contributed by atoms with Crippen LogP contribution in [0.2, 0.25) is 0 Å². The molecule has 0 bridgehead atoms. The van der Waals surface area contributed by atoms with E-state index in [1.807, 2.05) is 0 Å². The Hall–Kier alpha value is -2.67. The molecule has 110 valence electrons. The number of nitrogens with zero attached hydrogens (tertiary/aromatic N) is 1. The highest BCUT2D eigenvalue weighted by molar-refractivity contribution is 7.99. The normalized spacial score (nSPS) is 10.8. The molecule has 0 atom stereocenters. The molecule has 0 radical (unpaired) electrons. The van der Waals surface area contributed by atoms with Crippen LogP contribution in [0, 0.1) is 15.9 Å². The van der Waals surface area contributed by atoms with Gasteiger partial charge in [0.25, 0.3) is 5.69 Å². The van der Waals surface area contributed by atoms with Gasteiger partial charge in [0.2, 0.25) is 5.56 Å². The Morgan fingerprint density at radius 2 is 1.86 bits per heavy atom. The molecule has 1 heterocycles. The molecule has 0 aliphatic carbocycles. The highest BCUT2D eigenvalue weighted by Crippen LogP contribution is 2.34. The maximum Gasteiger partial charge on any atom is 0.293 e. The lowest BCUT2D eigenvalue weighted by Gasteiger charge is -2.06. The molecular formula is C15H9FN2O3S. The molecule has 0 fully saturated rings. The Morgan fingerprint density at radius 3 is 2.55 bits per heavy atom. The predicted molar refractivity (Wildman–Crippen MR) is 81.7 cm³/mol. The molecule has 5 nitrogen and oxygen atoms in total. The average molecular weight is 316 g/mol. The number of nitro groups is 1. The summed E-state index contributed by atoms with van der Waals surface area (Å²) in [6, 6.07) is 11.8. The lowest BCUT2D eigenvalue weighted by atomic mass is 10.2. The van der Waals surface area contributed by atoms with E-state index in [0.717, 1.165) is 4.90 Å². The maximum absolute atomic E-state index is 12.9. The first-order valence-electron chi connectivity index (χ1n) is 6.28. The highest BCUT2D eigenvalue weighted by Gasteiger charge is 2.15. The van der Waals surface area contributed by atoms with Crippen LogP contribution in [0.25, 0.3) is 10.9 Å². The van der Waals surface area contributed by atoms with Gasteiger partial charge in [0.05, 0.1) is 4.92 Å². The van der Waals surface area contributed by atoms with Gasteiger partial charge in [-0.3, -0.25) is 14.9 Å². The molecule has 0 unspecified atom stereocenters. The van der Waals surface area contributed by atoms with Gasteiger partial charge in [-0.05, 0) is 24.3 Å². The van der Waals surface area contributed by atoms with Crippen molar-refractivity contribution in [3.05, 3.63) is 74.8 Å². The van der Waals surface area contributed by atoms with E-state index in [0.29, 0.717) is 10.3 Å². The maximum atomic E-state index is 12.9. The molecule has 0 spiro atoms. The number of hydrogen-bond donors (Lipinski definition) is 1. The van der Waals surface area contributed by atoms with E-state index in [1.165, 1.54) is 36.0 Å². The number of aromatic amines is 1. The van der Waals surface area contributed by atoms with Crippen LogP contribution in [0.1, 0.15) is 0 Å². The molecule has 0 aliphatic rings. The monoisotopic (exact) mass is 316 g/mol. The summed E-state index contributed by atoms with van der Waals surface area (Å²) in [6.07, 6.45) is 0. The molecule has 0 aliphatic heterocycles. The van der Waals surface area contributed by atoms with Crippen LogP contribution in [0.15, 0.2) is 63.1 Å². The van der Waals surface area contributed by atoms with E-state index < -0.39 is 10.5 Å². The third-order valence-electron chi connectivity index (χ3n) is 3.06.